The van der Waals surface area contributed by atoms with Gasteiger partial charge < -0.3 is 27.0 Å². The third-order valence-electron chi connectivity index (χ3n) is 4.79. The Kier molecular flexibility index (Phi) is 6.65. The van der Waals surface area contributed by atoms with Crippen molar-refractivity contribution >= 4 is 22.7 Å². The Morgan fingerprint density at radius 1 is 1.09 bits per heavy atom. The third kappa shape index (κ3) is 3.82. The van der Waals surface area contributed by atoms with Crippen molar-refractivity contribution in [1.29, 1.82) is 0 Å². The van der Waals surface area contributed by atoms with E-state index < -0.39 is 5.60 Å². The Morgan fingerprint density at radius 3 is 2.09 bits per heavy atom. The van der Waals surface area contributed by atoms with Gasteiger partial charge in [0, 0.05) is 6.42 Å². The molecule has 0 bridgehead atoms. The van der Waals surface area contributed by atoms with E-state index in [0.29, 0.717) is 6.04 Å². The molecule has 1 fully saturated rings. The second kappa shape index (κ2) is 8.06. The van der Waals surface area contributed by atoms with Gasteiger partial charge in [-0.1, -0.05) is 0 Å². The Labute approximate surface area is 151 Å². The smallest absolute Gasteiger partial charge is 0.122 e. The van der Waals surface area contributed by atoms with Crippen molar-refractivity contribution in [2.24, 2.45) is 0 Å². The number of rotatable bonds is 5. The predicted octanol–water partition coefficient (Wildman–Crippen LogP) is -0.103. The zero-order valence-electron chi connectivity index (χ0n) is 12.9. The molecule has 1 atom stereocenters. The van der Waals surface area contributed by atoms with Crippen LogP contribution in [0, 0.1) is 0 Å². The van der Waals surface area contributed by atoms with Crippen LogP contribution in [0.3, 0.4) is 0 Å². The number of piperidine rings is 1. The average Bonchev–Trinajstić information content (AvgIpc) is 3.21. The lowest BCUT2D eigenvalue weighted by atomic mass is 9.83. The molecule has 1 aliphatic heterocycles. The van der Waals surface area contributed by atoms with Crippen molar-refractivity contribution in [3.8, 4) is 0 Å². The van der Waals surface area contributed by atoms with Crippen LogP contribution in [-0.2, 0) is 5.60 Å². The predicted molar refractivity (Wildman–Crippen MR) is 90.3 cm³/mol. The molecule has 3 rings (SSSR count). The maximum atomic E-state index is 11.4. The van der Waals surface area contributed by atoms with Crippen LogP contribution < -0.4 is 21.9 Å². The lowest BCUT2D eigenvalue weighted by Crippen LogP contribution is -3.16. The summed E-state index contributed by atoms with van der Waals surface area (Å²) < 4.78 is 0. The van der Waals surface area contributed by atoms with Crippen LogP contribution in [0.5, 0.6) is 0 Å². The molecule has 3 heterocycles. The zero-order valence-corrected chi connectivity index (χ0v) is 16.1. The van der Waals surface area contributed by atoms with Gasteiger partial charge in [0.1, 0.15) is 5.60 Å². The van der Waals surface area contributed by atoms with Crippen LogP contribution in [-0.4, -0.2) is 24.2 Å². The van der Waals surface area contributed by atoms with Crippen LogP contribution in [0.25, 0.3) is 0 Å². The van der Waals surface area contributed by atoms with E-state index in [1.54, 1.807) is 27.6 Å². The third-order valence-corrected chi connectivity index (χ3v) is 6.16. The highest BCUT2D eigenvalue weighted by molar-refractivity contribution is 7.08. The van der Waals surface area contributed by atoms with Crippen LogP contribution in [0.4, 0.5) is 0 Å². The quantitative estimate of drug-likeness (QED) is 0.718. The lowest BCUT2D eigenvalue weighted by molar-refractivity contribution is -0.929. The summed E-state index contributed by atoms with van der Waals surface area (Å²) in [6, 6.07) is 4.62. The van der Waals surface area contributed by atoms with Crippen molar-refractivity contribution in [2.45, 2.75) is 44.2 Å². The number of thiophene rings is 2. The summed E-state index contributed by atoms with van der Waals surface area (Å²) in [4.78, 5) is 1.66. The maximum Gasteiger partial charge on any atom is 0.122 e. The standard InChI is InChI=1S/C17H23NOS2.BrH/c1-14(18-7-3-2-4-8-18)11-17(19,15-5-9-20-12-15)16-6-10-21-13-16;/h5-6,9-10,12-14,19H,2-4,7-8,11H2,1H3;1H. The molecule has 2 aromatic rings. The number of hydrogen-bond acceptors (Lipinski definition) is 3. The van der Waals surface area contributed by atoms with Gasteiger partial charge in [0.25, 0.3) is 0 Å². The molecule has 0 spiro atoms. The lowest BCUT2D eigenvalue weighted by Gasteiger charge is -2.35. The van der Waals surface area contributed by atoms with Gasteiger partial charge in [0.2, 0.25) is 0 Å². The normalized spacial score (nSPS) is 17.9. The second-order valence-electron chi connectivity index (χ2n) is 6.21. The molecule has 0 amide bonds. The number of halogens is 1. The summed E-state index contributed by atoms with van der Waals surface area (Å²) in [7, 11) is 0. The van der Waals surface area contributed by atoms with Crippen LogP contribution in [0.2, 0.25) is 0 Å². The molecular weight excluding hydrogens is 378 g/mol. The van der Waals surface area contributed by atoms with E-state index in [1.165, 1.54) is 32.4 Å². The molecule has 0 saturated carbocycles. The van der Waals surface area contributed by atoms with Gasteiger partial charge in [-0.2, -0.15) is 22.7 Å². The summed E-state index contributed by atoms with van der Waals surface area (Å²) in [6.07, 6.45) is 4.83. The Bertz CT molecular complexity index is 501. The molecule has 2 nitrogen and oxygen atoms in total. The summed E-state index contributed by atoms with van der Waals surface area (Å²) in [5, 5.41) is 19.7. The molecule has 0 aliphatic carbocycles. The SMILES string of the molecule is CC(CC(O)(c1ccsc1)c1ccsc1)[NH+]1CCCCC1.[Br-]. The first-order chi connectivity index (χ1) is 10.2. The van der Waals surface area contributed by atoms with Gasteiger partial charge in [-0.3, -0.25) is 0 Å². The van der Waals surface area contributed by atoms with E-state index in [2.05, 4.69) is 40.6 Å². The minimum Gasteiger partial charge on any atom is -1.00 e. The number of nitrogens with one attached hydrogen (secondary N) is 1. The summed E-state index contributed by atoms with van der Waals surface area (Å²) in [5.74, 6) is 0. The van der Waals surface area contributed by atoms with Gasteiger partial charge in [-0.05, 0) is 71.0 Å². The van der Waals surface area contributed by atoms with Gasteiger partial charge >= 0.3 is 0 Å². The first-order valence-electron chi connectivity index (χ1n) is 7.82. The monoisotopic (exact) mass is 401 g/mol. The number of likely N-dealkylation sites (tertiary alicyclic amines) is 1. The average molecular weight is 402 g/mol. The van der Waals surface area contributed by atoms with E-state index in [-0.39, 0.29) is 17.0 Å². The Balaban J connectivity index is 0.00000176. The van der Waals surface area contributed by atoms with E-state index in [0.717, 1.165) is 17.5 Å². The second-order valence-corrected chi connectivity index (χ2v) is 7.77. The van der Waals surface area contributed by atoms with Crippen LogP contribution in [0.1, 0.15) is 43.7 Å². The topological polar surface area (TPSA) is 24.7 Å². The minimum absolute atomic E-state index is 0. The van der Waals surface area contributed by atoms with Gasteiger partial charge in [0.05, 0.1) is 19.1 Å². The fourth-order valence-electron chi connectivity index (χ4n) is 3.49. The van der Waals surface area contributed by atoms with Gasteiger partial charge in [0.15, 0.2) is 0 Å². The van der Waals surface area contributed by atoms with Crippen molar-refractivity contribution in [3.05, 3.63) is 44.8 Å². The van der Waals surface area contributed by atoms with E-state index in [1.807, 2.05) is 0 Å². The van der Waals surface area contributed by atoms with Crippen molar-refractivity contribution in [3.63, 3.8) is 0 Å². The molecule has 5 heteroatoms. The van der Waals surface area contributed by atoms with E-state index in [9.17, 15) is 5.11 Å². The highest BCUT2D eigenvalue weighted by atomic mass is 79.9. The number of quaternary nitrogens is 1. The fraction of sp³-hybridized carbons (Fsp3) is 0.529. The molecule has 1 saturated heterocycles. The summed E-state index contributed by atoms with van der Waals surface area (Å²) in [5.41, 5.74) is 1.27. The molecule has 2 N–H and O–H groups in total. The van der Waals surface area contributed by atoms with Crippen LogP contribution >= 0.6 is 22.7 Å². The van der Waals surface area contributed by atoms with Crippen LogP contribution in [0.15, 0.2) is 33.7 Å². The Hall–Kier alpha value is -0.200. The highest BCUT2D eigenvalue weighted by Gasteiger charge is 2.37. The first kappa shape index (κ1) is 18.1. The van der Waals surface area contributed by atoms with E-state index in [4.69, 9.17) is 0 Å². The number of aliphatic hydroxyl groups is 1. The Morgan fingerprint density at radius 2 is 1.64 bits per heavy atom. The maximum absolute atomic E-state index is 11.4. The van der Waals surface area contributed by atoms with Gasteiger partial charge in [-0.15, -0.1) is 0 Å². The fourth-order valence-corrected chi connectivity index (χ4v) is 4.94. The number of hydrogen-bond donors (Lipinski definition) is 2. The highest BCUT2D eigenvalue weighted by Crippen LogP contribution is 2.36. The molecule has 2 aromatic heterocycles. The van der Waals surface area contributed by atoms with Crippen molar-refractivity contribution in [1.82, 2.24) is 0 Å². The zero-order chi connectivity index (χ0) is 14.7. The van der Waals surface area contributed by atoms with Crippen molar-refractivity contribution in [2.75, 3.05) is 13.1 Å². The minimum atomic E-state index is -0.830. The first-order valence-corrected chi connectivity index (χ1v) is 9.71. The van der Waals surface area contributed by atoms with Gasteiger partial charge in [-0.25, -0.2) is 0 Å². The largest absolute Gasteiger partial charge is 1.00 e. The molecule has 22 heavy (non-hydrogen) atoms. The molecule has 0 radical (unpaired) electrons. The summed E-state index contributed by atoms with van der Waals surface area (Å²) >= 11 is 3.33. The molecule has 122 valence electrons. The van der Waals surface area contributed by atoms with E-state index >= 15 is 0 Å². The van der Waals surface area contributed by atoms with Crippen molar-refractivity contribution < 1.29 is 27.0 Å². The summed E-state index contributed by atoms with van der Waals surface area (Å²) in [6.45, 7) is 4.80. The molecular formula is C17H24BrNOS2. The molecule has 1 unspecified atom stereocenters. The molecule has 1 aliphatic rings. The molecule has 0 aromatic carbocycles.